The zero-order valence-corrected chi connectivity index (χ0v) is 10.4. The molecule has 2 heterocycles. The number of pyridine rings is 1. The van der Waals surface area contributed by atoms with Crippen LogP contribution in [0.3, 0.4) is 0 Å². The molecule has 2 aromatic heterocycles. The molecule has 0 atom stereocenters. The molecule has 2 aromatic rings. The van der Waals surface area contributed by atoms with Crippen LogP contribution < -0.4 is 0 Å². The smallest absolute Gasteiger partial charge is 0.437 e. The van der Waals surface area contributed by atoms with Crippen molar-refractivity contribution in [2.75, 3.05) is 0 Å². The monoisotopic (exact) mass is 247 g/mol. The van der Waals surface area contributed by atoms with Crippen molar-refractivity contribution in [3.63, 3.8) is 0 Å². The topological polar surface area (TPSA) is 74.1 Å². The van der Waals surface area contributed by atoms with Gasteiger partial charge in [0.1, 0.15) is 5.60 Å². The first kappa shape index (κ1) is 12.2. The van der Waals surface area contributed by atoms with Gasteiger partial charge in [-0.3, -0.25) is 4.79 Å². The molecule has 0 unspecified atom stereocenters. The van der Waals surface area contributed by atoms with E-state index in [-0.39, 0.29) is 0 Å². The number of carbonyl (C=O) groups excluding carboxylic acids is 2. The molecule has 6 nitrogen and oxygen atoms in total. The minimum Gasteiger partial charge on any atom is -0.442 e. The average molecular weight is 247 g/mol. The van der Waals surface area contributed by atoms with Crippen molar-refractivity contribution in [3.8, 4) is 0 Å². The summed E-state index contributed by atoms with van der Waals surface area (Å²) in [5, 5.41) is 4.53. The Kier molecular flexibility index (Phi) is 2.86. The van der Waals surface area contributed by atoms with Gasteiger partial charge in [0.15, 0.2) is 11.9 Å². The van der Waals surface area contributed by atoms with Gasteiger partial charge in [-0.25, -0.2) is 9.78 Å². The molecule has 0 amide bonds. The summed E-state index contributed by atoms with van der Waals surface area (Å²) in [6.45, 7) is 5.32. The first-order valence-corrected chi connectivity index (χ1v) is 5.43. The van der Waals surface area contributed by atoms with Gasteiger partial charge in [0.05, 0.1) is 6.20 Å². The van der Waals surface area contributed by atoms with Crippen molar-refractivity contribution in [3.05, 3.63) is 24.0 Å². The minimum absolute atomic E-state index is 0.370. The van der Waals surface area contributed by atoms with Gasteiger partial charge in [-0.2, -0.15) is 5.10 Å². The van der Waals surface area contributed by atoms with E-state index in [1.807, 2.05) is 0 Å². The van der Waals surface area contributed by atoms with Crippen molar-refractivity contribution in [1.29, 1.82) is 0 Å². The fourth-order valence-corrected chi connectivity index (χ4v) is 1.44. The molecular weight excluding hydrogens is 234 g/mol. The van der Waals surface area contributed by atoms with Crippen LogP contribution in [0.1, 0.15) is 31.1 Å². The third-order valence-corrected chi connectivity index (χ3v) is 2.13. The lowest BCUT2D eigenvalue weighted by Gasteiger charge is -2.18. The summed E-state index contributed by atoms with van der Waals surface area (Å²) >= 11 is 0. The second kappa shape index (κ2) is 4.21. The van der Waals surface area contributed by atoms with E-state index in [0.717, 1.165) is 4.68 Å². The van der Waals surface area contributed by atoms with E-state index in [0.29, 0.717) is 22.9 Å². The van der Waals surface area contributed by atoms with Crippen LogP contribution in [0.25, 0.3) is 11.0 Å². The molecule has 0 aliphatic heterocycles. The molecule has 0 aromatic carbocycles. The van der Waals surface area contributed by atoms with Crippen molar-refractivity contribution < 1.29 is 14.3 Å². The molecule has 94 valence electrons. The summed E-state index contributed by atoms with van der Waals surface area (Å²) in [5.74, 6) is 0. The van der Waals surface area contributed by atoms with Crippen LogP contribution in [0.5, 0.6) is 0 Å². The first-order chi connectivity index (χ1) is 8.40. The number of fused-ring (bicyclic) bond motifs is 1. The van der Waals surface area contributed by atoms with E-state index in [1.165, 1.54) is 12.4 Å². The summed E-state index contributed by atoms with van der Waals surface area (Å²) in [5.41, 5.74) is 0.207. The van der Waals surface area contributed by atoms with Gasteiger partial charge in [-0.05, 0) is 26.8 Å². The van der Waals surface area contributed by atoms with E-state index in [1.54, 1.807) is 26.8 Å². The molecular formula is C12H13N3O3. The van der Waals surface area contributed by atoms with Gasteiger partial charge >= 0.3 is 6.09 Å². The molecule has 6 heteroatoms. The number of hydrogen-bond acceptors (Lipinski definition) is 5. The van der Waals surface area contributed by atoms with E-state index >= 15 is 0 Å². The van der Waals surface area contributed by atoms with Crippen LogP contribution in [0, 0.1) is 0 Å². The van der Waals surface area contributed by atoms with Crippen LogP contribution in [0.15, 0.2) is 18.5 Å². The van der Waals surface area contributed by atoms with Gasteiger partial charge in [0.25, 0.3) is 0 Å². The maximum atomic E-state index is 11.9. The Morgan fingerprint density at radius 1 is 1.39 bits per heavy atom. The van der Waals surface area contributed by atoms with Gasteiger partial charge in [0, 0.05) is 17.1 Å². The maximum Gasteiger partial charge on any atom is 0.437 e. The quantitative estimate of drug-likeness (QED) is 0.721. The van der Waals surface area contributed by atoms with Gasteiger partial charge in [0.2, 0.25) is 0 Å². The molecule has 0 saturated carbocycles. The van der Waals surface area contributed by atoms with Crippen molar-refractivity contribution in [2.45, 2.75) is 26.4 Å². The van der Waals surface area contributed by atoms with Crippen LogP contribution in [-0.2, 0) is 4.74 Å². The highest BCUT2D eigenvalue weighted by atomic mass is 16.6. The molecule has 2 rings (SSSR count). The zero-order chi connectivity index (χ0) is 13.3. The summed E-state index contributed by atoms with van der Waals surface area (Å²) in [6, 6.07) is 1.61. The number of rotatable bonds is 1. The third kappa shape index (κ3) is 2.37. The van der Waals surface area contributed by atoms with Crippen LogP contribution in [-0.4, -0.2) is 32.7 Å². The predicted molar refractivity (Wildman–Crippen MR) is 64.5 cm³/mol. The van der Waals surface area contributed by atoms with E-state index in [9.17, 15) is 9.59 Å². The number of carbonyl (C=O) groups is 2. The highest BCUT2D eigenvalue weighted by Gasteiger charge is 2.20. The Hall–Kier alpha value is -2.24. The second-order valence-corrected chi connectivity index (χ2v) is 4.84. The summed E-state index contributed by atoms with van der Waals surface area (Å²) in [6.07, 6.45) is 2.96. The lowest BCUT2D eigenvalue weighted by atomic mass is 10.2. The van der Waals surface area contributed by atoms with Crippen molar-refractivity contribution >= 4 is 23.4 Å². The molecule has 0 spiro atoms. The lowest BCUT2D eigenvalue weighted by molar-refractivity contribution is 0.0521. The number of nitrogens with zero attached hydrogens (tertiary/aromatic N) is 3. The fraction of sp³-hybridized carbons (Fsp3) is 0.333. The molecule has 18 heavy (non-hydrogen) atoms. The Balaban J connectivity index is 2.41. The van der Waals surface area contributed by atoms with Gasteiger partial charge in [-0.1, -0.05) is 0 Å². The summed E-state index contributed by atoms with van der Waals surface area (Å²) < 4.78 is 6.28. The first-order valence-electron chi connectivity index (χ1n) is 5.43. The summed E-state index contributed by atoms with van der Waals surface area (Å²) in [4.78, 5) is 26.5. The minimum atomic E-state index is -0.599. The SMILES string of the molecule is CC(C)(C)OC(=O)n1ncc2cc(C=O)cnc21. The van der Waals surface area contributed by atoms with Crippen LogP contribution >= 0.6 is 0 Å². The van der Waals surface area contributed by atoms with Crippen LogP contribution in [0.2, 0.25) is 0 Å². The Morgan fingerprint density at radius 3 is 2.72 bits per heavy atom. The average Bonchev–Trinajstić information content (AvgIpc) is 2.69. The van der Waals surface area contributed by atoms with Gasteiger partial charge in [-0.15, -0.1) is 4.68 Å². The van der Waals surface area contributed by atoms with E-state index in [4.69, 9.17) is 4.74 Å². The Labute approximate surface area is 104 Å². The van der Waals surface area contributed by atoms with Crippen LogP contribution in [0.4, 0.5) is 4.79 Å². The normalized spacial score (nSPS) is 11.5. The third-order valence-electron chi connectivity index (χ3n) is 2.13. The highest BCUT2D eigenvalue weighted by molar-refractivity contribution is 5.88. The highest BCUT2D eigenvalue weighted by Crippen LogP contribution is 2.14. The number of hydrogen-bond donors (Lipinski definition) is 0. The number of aldehydes is 1. The Morgan fingerprint density at radius 2 is 2.11 bits per heavy atom. The standard InChI is InChI=1S/C12H13N3O3/c1-12(2,3)18-11(17)15-10-9(6-14-15)4-8(7-16)5-13-10/h4-7H,1-3H3. The number of aromatic nitrogens is 3. The Bertz CT molecular complexity index is 611. The van der Waals surface area contributed by atoms with Crippen molar-refractivity contribution in [1.82, 2.24) is 14.8 Å². The predicted octanol–water partition coefficient (Wildman–Crippen LogP) is 2.03. The lowest BCUT2D eigenvalue weighted by Crippen LogP contribution is -2.27. The second-order valence-electron chi connectivity index (χ2n) is 4.84. The molecule has 0 aliphatic rings. The molecule has 0 fully saturated rings. The fourth-order valence-electron chi connectivity index (χ4n) is 1.44. The largest absolute Gasteiger partial charge is 0.442 e. The molecule has 0 aliphatic carbocycles. The van der Waals surface area contributed by atoms with E-state index < -0.39 is 11.7 Å². The number of ether oxygens (including phenoxy) is 1. The molecule has 0 radical (unpaired) electrons. The molecule has 0 bridgehead atoms. The zero-order valence-electron chi connectivity index (χ0n) is 10.4. The van der Waals surface area contributed by atoms with E-state index in [2.05, 4.69) is 10.1 Å². The van der Waals surface area contributed by atoms with Crippen molar-refractivity contribution in [2.24, 2.45) is 0 Å². The van der Waals surface area contributed by atoms with Gasteiger partial charge < -0.3 is 4.74 Å². The summed E-state index contributed by atoms with van der Waals surface area (Å²) in [7, 11) is 0. The molecule has 0 saturated heterocycles. The molecule has 0 N–H and O–H groups in total. The maximum absolute atomic E-state index is 11.9.